The first-order chi connectivity index (χ1) is 14.3. The molecule has 2 aromatic rings. The molecule has 1 aromatic heterocycles. The minimum atomic E-state index is -2.26. The fraction of sp³-hybridized carbons (Fsp3) is 0.450. The third kappa shape index (κ3) is 4.79. The van der Waals surface area contributed by atoms with Gasteiger partial charge < -0.3 is 19.2 Å². The van der Waals surface area contributed by atoms with E-state index in [2.05, 4.69) is 38.9 Å². The Bertz CT molecular complexity index is 813. The van der Waals surface area contributed by atoms with Gasteiger partial charge in [0.2, 0.25) is 0 Å². The van der Waals surface area contributed by atoms with E-state index in [0.717, 1.165) is 31.9 Å². The van der Waals surface area contributed by atoms with Gasteiger partial charge in [-0.3, -0.25) is 0 Å². The Hall–Kier alpha value is -1.54. The Morgan fingerprint density at radius 2 is 1.55 bits per heavy atom. The van der Waals surface area contributed by atoms with E-state index in [0.29, 0.717) is 38.1 Å². The van der Waals surface area contributed by atoms with E-state index in [4.69, 9.17) is 30.9 Å². The maximum absolute atomic E-state index is 5.71. The summed E-state index contributed by atoms with van der Waals surface area (Å²) in [4.78, 5) is 0. The minimum absolute atomic E-state index is 0.511. The van der Waals surface area contributed by atoms with Crippen molar-refractivity contribution in [3.8, 4) is 0 Å². The third-order valence-corrected chi connectivity index (χ3v) is 9.31. The molecule has 1 N–H and O–H groups in total. The third-order valence-electron chi connectivity index (χ3n) is 5.09. The van der Waals surface area contributed by atoms with Crippen LogP contribution in [0.4, 0.5) is 0 Å². The van der Waals surface area contributed by atoms with Gasteiger partial charge in [0, 0.05) is 31.5 Å². The van der Waals surface area contributed by atoms with E-state index < -0.39 is 7.36 Å². The largest absolute Gasteiger partial charge is 0.467 e. The lowest BCUT2D eigenvalue weighted by Crippen LogP contribution is -2.46. The van der Waals surface area contributed by atoms with Gasteiger partial charge in [0.1, 0.15) is 13.1 Å². The molecule has 7 nitrogen and oxygen atoms in total. The highest BCUT2D eigenvalue weighted by Crippen LogP contribution is 2.56. The zero-order valence-electron chi connectivity index (χ0n) is 16.4. The summed E-state index contributed by atoms with van der Waals surface area (Å²) >= 11 is 5.71. The molecule has 0 amide bonds. The summed E-state index contributed by atoms with van der Waals surface area (Å²) < 4.78 is 26.9. The van der Waals surface area contributed by atoms with Crippen molar-refractivity contribution < 1.29 is 13.9 Å². The lowest BCUT2D eigenvalue weighted by Gasteiger charge is -2.46. The molecule has 2 fully saturated rings. The van der Waals surface area contributed by atoms with Gasteiger partial charge in [-0.1, -0.05) is 30.3 Å². The van der Waals surface area contributed by atoms with E-state index in [-0.39, 0.29) is 0 Å². The SMILES string of the molecule is S=C(N=P(c1ccccc1)(N1CCOCC1)N1CCOCC1)NCc1ccco1. The Kier molecular flexibility index (Phi) is 7.13. The highest BCUT2D eigenvalue weighted by atomic mass is 32.1. The van der Waals surface area contributed by atoms with E-state index in [1.165, 1.54) is 5.30 Å². The normalized spacial score (nSPS) is 19.0. The van der Waals surface area contributed by atoms with Crippen molar-refractivity contribution in [3.63, 3.8) is 0 Å². The monoisotopic (exact) mass is 434 g/mol. The lowest BCUT2D eigenvalue weighted by molar-refractivity contribution is 0.0579. The van der Waals surface area contributed by atoms with Gasteiger partial charge in [-0.2, -0.15) is 0 Å². The summed E-state index contributed by atoms with van der Waals surface area (Å²) in [5.41, 5.74) is 0. The molecule has 9 heteroatoms. The number of nitrogens with zero attached hydrogens (tertiary/aromatic N) is 3. The number of nitrogens with one attached hydrogen (secondary N) is 1. The number of thiocarbonyl (C=S) groups is 1. The predicted octanol–water partition coefficient (Wildman–Crippen LogP) is 2.68. The first-order valence-electron chi connectivity index (χ1n) is 9.93. The zero-order valence-corrected chi connectivity index (χ0v) is 18.1. The van der Waals surface area contributed by atoms with Crippen LogP contribution in [0.25, 0.3) is 0 Å². The second-order valence-corrected chi connectivity index (χ2v) is 10.2. The van der Waals surface area contributed by atoms with Gasteiger partial charge in [0.05, 0.1) is 39.2 Å². The van der Waals surface area contributed by atoms with Gasteiger partial charge in [-0.25, -0.2) is 14.1 Å². The second kappa shape index (κ2) is 9.98. The first kappa shape index (κ1) is 20.7. The van der Waals surface area contributed by atoms with Crippen molar-refractivity contribution in [1.82, 2.24) is 14.7 Å². The van der Waals surface area contributed by atoms with Crippen molar-refractivity contribution in [2.24, 2.45) is 4.74 Å². The van der Waals surface area contributed by atoms with Gasteiger partial charge in [0.15, 0.2) is 5.11 Å². The number of ether oxygens (including phenoxy) is 2. The summed E-state index contributed by atoms with van der Waals surface area (Å²) in [5.74, 6) is 0.837. The van der Waals surface area contributed by atoms with E-state index in [1.54, 1.807) is 6.26 Å². The Labute approximate surface area is 177 Å². The van der Waals surface area contributed by atoms with Gasteiger partial charge in [-0.15, -0.1) is 0 Å². The summed E-state index contributed by atoms with van der Waals surface area (Å²) in [6.45, 7) is 6.71. The van der Waals surface area contributed by atoms with E-state index in [9.17, 15) is 0 Å². The molecule has 2 saturated heterocycles. The lowest BCUT2D eigenvalue weighted by atomic mass is 10.4. The number of morpholine rings is 2. The molecular formula is C20H27N4O3PS. The van der Waals surface area contributed by atoms with Crippen LogP contribution in [0.15, 0.2) is 57.9 Å². The maximum Gasteiger partial charge on any atom is 0.194 e. The molecule has 2 aliphatic rings. The fourth-order valence-electron chi connectivity index (χ4n) is 3.72. The fourth-order valence-corrected chi connectivity index (χ4v) is 7.85. The maximum atomic E-state index is 5.71. The van der Waals surface area contributed by atoms with Crippen LogP contribution in [0.2, 0.25) is 0 Å². The Morgan fingerprint density at radius 1 is 0.931 bits per heavy atom. The summed E-state index contributed by atoms with van der Waals surface area (Å²) in [6, 6.07) is 14.4. The first-order valence-corrected chi connectivity index (χ1v) is 12.0. The molecule has 0 atom stereocenters. The van der Waals surface area contributed by atoms with Crippen LogP contribution >= 0.6 is 19.6 Å². The molecule has 1 aromatic carbocycles. The van der Waals surface area contributed by atoms with Crippen LogP contribution in [0.5, 0.6) is 0 Å². The van der Waals surface area contributed by atoms with Crippen molar-refractivity contribution in [2.75, 3.05) is 52.6 Å². The van der Waals surface area contributed by atoms with Crippen molar-refractivity contribution >= 4 is 30.0 Å². The average Bonchev–Trinajstić information content (AvgIpc) is 3.32. The number of hydrogen-bond donors (Lipinski definition) is 1. The second-order valence-electron chi connectivity index (χ2n) is 6.87. The number of furan rings is 1. The molecule has 0 saturated carbocycles. The highest BCUT2D eigenvalue weighted by Gasteiger charge is 2.38. The van der Waals surface area contributed by atoms with Crippen LogP contribution in [0.1, 0.15) is 5.76 Å². The summed E-state index contributed by atoms with van der Waals surface area (Å²) in [7, 11) is -2.26. The van der Waals surface area contributed by atoms with Crippen LogP contribution in [0.3, 0.4) is 0 Å². The molecule has 2 aliphatic heterocycles. The predicted molar refractivity (Wildman–Crippen MR) is 118 cm³/mol. The van der Waals surface area contributed by atoms with Crippen LogP contribution in [0, 0.1) is 0 Å². The molecule has 0 spiro atoms. The van der Waals surface area contributed by atoms with Crippen molar-refractivity contribution in [3.05, 3.63) is 54.5 Å². The molecule has 0 unspecified atom stereocenters. The quantitative estimate of drug-likeness (QED) is 0.574. The van der Waals surface area contributed by atoms with Crippen LogP contribution in [-0.2, 0) is 16.0 Å². The molecule has 3 heterocycles. The Morgan fingerprint density at radius 3 is 2.10 bits per heavy atom. The molecule has 29 heavy (non-hydrogen) atoms. The zero-order chi connectivity index (χ0) is 19.9. The van der Waals surface area contributed by atoms with Crippen molar-refractivity contribution in [2.45, 2.75) is 6.54 Å². The number of rotatable bonds is 5. The van der Waals surface area contributed by atoms with Gasteiger partial charge in [0.25, 0.3) is 0 Å². The van der Waals surface area contributed by atoms with Gasteiger partial charge in [-0.05, 0) is 24.4 Å². The highest BCUT2D eigenvalue weighted by molar-refractivity contribution is 7.81. The van der Waals surface area contributed by atoms with Crippen molar-refractivity contribution in [1.29, 1.82) is 0 Å². The average molecular weight is 435 g/mol. The number of benzene rings is 1. The minimum Gasteiger partial charge on any atom is -0.467 e. The van der Waals surface area contributed by atoms with E-state index in [1.807, 2.05) is 18.2 Å². The standard InChI is InChI=1S/C20H27N4O3PS/c29-20(21-17-18-5-4-12-27-18)22-28(19-6-2-1-3-7-19,23-8-13-25-14-9-23)24-10-15-26-16-11-24/h1-7,12H,8-11,13-17H2,(H,21,29). The molecule has 0 radical (unpaired) electrons. The summed E-state index contributed by atoms with van der Waals surface area (Å²) in [6.07, 6.45) is 1.67. The summed E-state index contributed by atoms with van der Waals surface area (Å²) in [5, 5.41) is 5.00. The van der Waals surface area contributed by atoms with E-state index >= 15 is 0 Å². The Balaban J connectivity index is 1.73. The molecule has 4 rings (SSSR count). The van der Waals surface area contributed by atoms with Crippen LogP contribution < -0.4 is 10.6 Å². The molecule has 0 bridgehead atoms. The van der Waals surface area contributed by atoms with Crippen LogP contribution in [-0.4, -0.2) is 67.1 Å². The molecule has 156 valence electrons. The van der Waals surface area contributed by atoms with Gasteiger partial charge >= 0.3 is 0 Å². The topological polar surface area (TPSA) is 62.5 Å². The smallest absolute Gasteiger partial charge is 0.194 e. The molecule has 0 aliphatic carbocycles. The number of hydrogen-bond acceptors (Lipinski definition) is 4. The molecular weight excluding hydrogens is 407 g/mol.